The lowest BCUT2D eigenvalue weighted by molar-refractivity contribution is -0.129. The van der Waals surface area contributed by atoms with Gasteiger partial charge in [-0.2, -0.15) is 4.98 Å². The van der Waals surface area contributed by atoms with E-state index in [0.717, 1.165) is 6.54 Å². The molecule has 1 aromatic rings. The van der Waals surface area contributed by atoms with Crippen LogP contribution in [0.1, 0.15) is 11.7 Å². The van der Waals surface area contributed by atoms with Crippen LogP contribution >= 0.6 is 0 Å². The third-order valence-electron chi connectivity index (χ3n) is 1.86. The van der Waals surface area contributed by atoms with Gasteiger partial charge < -0.3 is 9.42 Å². The first-order valence-corrected chi connectivity index (χ1v) is 4.76. The molecule has 1 rings (SSSR count). The van der Waals surface area contributed by atoms with E-state index >= 15 is 0 Å². The van der Waals surface area contributed by atoms with Gasteiger partial charge in [-0.3, -0.25) is 4.79 Å². The second-order valence-electron chi connectivity index (χ2n) is 3.60. The van der Waals surface area contributed by atoms with Crippen molar-refractivity contribution in [2.45, 2.75) is 19.3 Å². The molecule has 1 aromatic heterocycles. The first-order valence-electron chi connectivity index (χ1n) is 4.76. The number of halogens is 2. The predicted molar refractivity (Wildman–Crippen MR) is 51.3 cm³/mol. The molecule has 0 aromatic carbocycles. The zero-order valence-electron chi connectivity index (χ0n) is 9.11. The van der Waals surface area contributed by atoms with Gasteiger partial charge in [0.2, 0.25) is 11.7 Å². The maximum atomic E-state index is 11.9. The van der Waals surface area contributed by atoms with E-state index in [-0.39, 0.29) is 5.89 Å². The maximum absolute atomic E-state index is 11.9. The van der Waals surface area contributed by atoms with E-state index in [9.17, 15) is 13.6 Å². The molecule has 0 N–H and O–H groups in total. The Morgan fingerprint density at radius 1 is 1.50 bits per heavy atom. The highest BCUT2D eigenvalue weighted by molar-refractivity contribution is 5.82. The van der Waals surface area contributed by atoms with Crippen molar-refractivity contribution in [3.63, 3.8) is 0 Å². The van der Waals surface area contributed by atoms with Crippen molar-refractivity contribution in [3.8, 4) is 0 Å². The molecule has 90 valence electrons. The summed E-state index contributed by atoms with van der Waals surface area (Å²) in [5.41, 5.74) is 0. The minimum atomic E-state index is -2.99. The maximum Gasteiger partial charge on any atom is 0.296 e. The molecule has 0 amide bonds. The largest absolute Gasteiger partial charge is 0.339 e. The number of alkyl halides is 2. The van der Waals surface area contributed by atoms with E-state index in [2.05, 4.69) is 14.7 Å². The SMILES string of the molecule is CN(C)CCc1noc(CC(=O)C(F)F)n1. The van der Waals surface area contributed by atoms with Crippen LogP contribution in [0.15, 0.2) is 4.52 Å². The predicted octanol–water partition coefficient (Wildman–Crippen LogP) is 0.550. The Labute approximate surface area is 91.4 Å². The van der Waals surface area contributed by atoms with Gasteiger partial charge in [-0.25, -0.2) is 8.78 Å². The van der Waals surface area contributed by atoms with Gasteiger partial charge in [-0.05, 0) is 14.1 Å². The van der Waals surface area contributed by atoms with Gasteiger partial charge in [-0.15, -0.1) is 0 Å². The van der Waals surface area contributed by atoms with Crippen molar-refractivity contribution < 1.29 is 18.1 Å². The standard InChI is InChI=1S/C9H13F2N3O2/c1-14(2)4-3-7-12-8(16-13-7)5-6(15)9(10)11/h9H,3-5H2,1-2H3. The molecule has 0 bridgehead atoms. The van der Waals surface area contributed by atoms with Crippen LogP contribution in [0.4, 0.5) is 8.78 Å². The average molecular weight is 233 g/mol. The molecule has 0 saturated heterocycles. The highest BCUT2D eigenvalue weighted by Gasteiger charge is 2.19. The van der Waals surface area contributed by atoms with Gasteiger partial charge in [0.1, 0.15) is 0 Å². The first kappa shape index (κ1) is 12.7. The Kier molecular flexibility index (Phi) is 4.48. The lowest BCUT2D eigenvalue weighted by atomic mass is 10.3. The van der Waals surface area contributed by atoms with Crippen LogP contribution in [0.3, 0.4) is 0 Å². The van der Waals surface area contributed by atoms with Crippen LogP contribution in [0.5, 0.6) is 0 Å². The molecule has 0 fully saturated rings. The zero-order chi connectivity index (χ0) is 12.1. The Hall–Kier alpha value is -1.37. The Balaban J connectivity index is 2.48. The van der Waals surface area contributed by atoms with Crippen molar-refractivity contribution in [3.05, 3.63) is 11.7 Å². The number of nitrogens with zero attached hydrogens (tertiary/aromatic N) is 3. The van der Waals surface area contributed by atoms with Crippen molar-refractivity contribution in [2.75, 3.05) is 20.6 Å². The van der Waals surface area contributed by atoms with Gasteiger partial charge in [0.25, 0.3) is 6.43 Å². The van der Waals surface area contributed by atoms with Gasteiger partial charge in [0.15, 0.2) is 5.82 Å². The zero-order valence-corrected chi connectivity index (χ0v) is 9.11. The van der Waals surface area contributed by atoms with Crippen LogP contribution in [0.2, 0.25) is 0 Å². The molecule has 1 heterocycles. The molecule has 7 heteroatoms. The van der Waals surface area contributed by atoms with Crippen molar-refractivity contribution in [1.29, 1.82) is 0 Å². The summed E-state index contributed by atoms with van der Waals surface area (Å²) >= 11 is 0. The summed E-state index contributed by atoms with van der Waals surface area (Å²) in [5, 5.41) is 3.59. The minimum Gasteiger partial charge on any atom is -0.339 e. The molecule has 16 heavy (non-hydrogen) atoms. The van der Waals surface area contributed by atoms with Crippen LogP contribution in [0, 0.1) is 0 Å². The summed E-state index contributed by atoms with van der Waals surface area (Å²) in [4.78, 5) is 16.5. The molecular formula is C9H13F2N3O2. The fourth-order valence-electron chi connectivity index (χ4n) is 1.01. The number of hydrogen-bond donors (Lipinski definition) is 0. The molecule has 0 atom stereocenters. The number of carbonyl (C=O) groups is 1. The average Bonchev–Trinajstić information content (AvgIpc) is 2.62. The fourth-order valence-corrected chi connectivity index (χ4v) is 1.01. The molecule has 0 aliphatic rings. The van der Waals surface area contributed by atoms with Crippen molar-refractivity contribution in [2.24, 2.45) is 0 Å². The second-order valence-corrected chi connectivity index (χ2v) is 3.60. The lowest BCUT2D eigenvalue weighted by Gasteiger charge is -2.05. The lowest BCUT2D eigenvalue weighted by Crippen LogP contribution is -2.16. The smallest absolute Gasteiger partial charge is 0.296 e. The molecule has 0 spiro atoms. The normalized spacial score (nSPS) is 11.4. The summed E-state index contributed by atoms with van der Waals surface area (Å²) in [6, 6.07) is 0. The Morgan fingerprint density at radius 2 is 2.19 bits per heavy atom. The molecule has 0 unspecified atom stereocenters. The molecular weight excluding hydrogens is 220 g/mol. The quantitative estimate of drug-likeness (QED) is 0.718. The first-order chi connectivity index (χ1) is 7.49. The molecule has 0 aliphatic carbocycles. The third kappa shape index (κ3) is 4.01. The molecule has 5 nitrogen and oxygen atoms in total. The second kappa shape index (κ2) is 5.64. The van der Waals surface area contributed by atoms with Gasteiger partial charge in [0.05, 0.1) is 6.42 Å². The van der Waals surface area contributed by atoms with Gasteiger partial charge in [-0.1, -0.05) is 5.16 Å². The van der Waals surface area contributed by atoms with Gasteiger partial charge >= 0.3 is 0 Å². The van der Waals surface area contributed by atoms with Crippen LogP contribution in [0.25, 0.3) is 0 Å². The van der Waals surface area contributed by atoms with Crippen LogP contribution < -0.4 is 0 Å². The fraction of sp³-hybridized carbons (Fsp3) is 0.667. The number of aromatic nitrogens is 2. The molecule has 0 radical (unpaired) electrons. The summed E-state index contributed by atoms with van der Waals surface area (Å²) in [5.74, 6) is -0.840. The number of rotatable bonds is 6. The topological polar surface area (TPSA) is 59.2 Å². The Bertz CT molecular complexity index is 352. The highest BCUT2D eigenvalue weighted by atomic mass is 19.3. The summed E-state index contributed by atoms with van der Waals surface area (Å²) in [6.45, 7) is 0.724. The van der Waals surface area contributed by atoms with Crippen LogP contribution in [-0.2, 0) is 17.6 Å². The van der Waals surface area contributed by atoms with E-state index in [1.807, 2.05) is 19.0 Å². The number of likely N-dealkylation sites (N-methyl/N-ethyl adjacent to an activating group) is 1. The van der Waals surface area contributed by atoms with E-state index in [1.165, 1.54) is 0 Å². The van der Waals surface area contributed by atoms with E-state index < -0.39 is 18.6 Å². The van der Waals surface area contributed by atoms with Crippen molar-refractivity contribution in [1.82, 2.24) is 15.0 Å². The summed E-state index contributed by atoms with van der Waals surface area (Å²) < 4.78 is 28.5. The number of carbonyl (C=O) groups excluding carboxylic acids is 1. The highest BCUT2D eigenvalue weighted by Crippen LogP contribution is 2.04. The van der Waals surface area contributed by atoms with Crippen LogP contribution in [-0.4, -0.2) is 47.9 Å². The number of hydrogen-bond acceptors (Lipinski definition) is 5. The third-order valence-corrected chi connectivity index (χ3v) is 1.86. The Morgan fingerprint density at radius 3 is 2.75 bits per heavy atom. The molecule has 0 saturated carbocycles. The summed E-state index contributed by atoms with van der Waals surface area (Å²) in [7, 11) is 3.78. The number of ketones is 1. The van der Waals surface area contributed by atoms with E-state index in [0.29, 0.717) is 12.2 Å². The monoisotopic (exact) mass is 233 g/mol. The molecule has 0 aliphatic heterocycles. The number of Topliss-reactive ketones (excluding diaryl/α,β-unsaturated/α-hetero) is 1. The minimum absolute atomic E-state index is 0.0564. The van der Waals surface area contributed by atoms with Gasteiger partial charge in [0, 0.05) is 13.0 Å². The van der Waals surface area contributed by atoms with Crippen molar-refractivity contribution >= 4 is 5.78 Å². The van der Waals surface area contributed by atoms with E-state index in [1.54, 1.807) is 0 Å². The summed E-state index contributed by atoms with van der Waals surface area (Å²) in [6.07, 6.45) is -2.94. The van der Waals surface area contributed by atoms with E-state index in [4.69, 9.17) is 0 Å².